The fourth-order valence-electron chi connectivity index (χ4n) is 2.70. The number of anilines is 1. The van der Waals surface area contributed by atoms with Gasteiger partial charge in [-0.25, -0.2) is 4.98 Å². The standard InChI is InChI=1S/C19H14ClN3OS/c1-12-3-2-9-23-17(12)21-16(14-8-10-25-11-14)18(23)22-19(24)13-4-6-15(20)7-5-13/h2-11H,1H3,(H,22,24). The monoisotopic (exact) mass is 367 g/mol. The van der Waals surface area contributed by atoms with Gasteiger partial charge in [0.1, 0.15) is 17.2 Å². The van der Waals surface area contributed by atoms with Gasteiger partial charge in [-0.1, -0.05) is 17.7 Å². The second-order valence-corrected chi connectivity index (χ2v) is 6.88. The number of hydrogen-bond donors (Lipinski definition) is 1. The Morgan fingerprint density at radius 3 is 2.72 bits per heavy atom. The quantitative estimate of drug-likeness (QED) is 0.535. The van der Waals surface area contributed by atoms with E-state index in [2.05, 4.69) is 5.32 Å². The Morgan fingerprint density at radius 2 is 2.00 bits per heavy atom. The third kappa shape index (κ3) is 2.92. The molecule has 6 heteroatoms. The van der Waals surface area contributed by atoms with Gasteiger partial charge in [0.2, 0.25) is 0 Å². The SMILES string of the molecule is Cc1cccn2c(NC(=O)c3ccc(Cl)cc3)c(-c3ccsc3)nc12. The van der Waals surface area contributed by atoms with Gasteiger partial charge >= 0.3 is 0 Å². The first kappa shape index (κ1) is 15.9. The maximum absolute atomic E-state index is 12.7. The van der Waals surface area contributed by atoms with Gasteiger partial charge in [-0.3, -0.25) is 9.20 Å². The number of aromatic nitrogens is 2. The van der Waals surface area contributed by atoms with Crippen molar-refractivity contribution in [2.75, 3.05) is 5.32 Å². The van der Waals surface area contributed by atoms with Crippen LogP contribution in [0.1, 0.15) is 15.9 Å². The van der Waals surface area contributed by atoms with E-state index in [9.17, 15) is 4.79 Å². The molecule has 1 aromatic carbocycles. The number of carbonyl (C=O) groups is 1. The lowest BCUT2D eigenvalue weighted by Gasteiger charge is -2.08. The third-order valence-corrected chi connectivity index (χ3v) is 4.91. The van der Waals surface area contributed by atoms with E-state index in [0.717, 1.165) is 22.5 Å². The molecule has 0 aliphatic rings. The molecule has 0 unspecified atom stereocenters. The minimum Gasteiger partial charge on any atom is -0.306 e. The number of carbonyl (C=O) groups excluding carboxylic acids is 1. The molecule has 0 bridgehead atoms. The number of thiophene rings is 1. The molecule has 3 aromatic heterocycles. The van der Waals surface area contributed by atoms with Crippen LogP contribution in [0.4, 0.5) is 5.82 Å². The summed E-state index contributed by atoms with van der Waals surface area (Å²) >= 11 is 7.50. The third-order valence-electron chi connectivity index (χ3n) is 3.98. The molecule has 4 rings (SSSR count). The Hall–Kier alpha value is -2.63. The van der Waals surface area contributed by atoms with Gasteiger partial charge in [-0.05, 0) is 54.3 Å². The number of hydrogen-bond acceptors (Lipinski definition) is 3. The summed E-state index contributed by atoms with van der Waals surface area (Å²) in [5.74, 6) is 0.466. The van der Waals surface area contributed by atoms with E-state index in [1.165, 1.54) is 0 Å². The lowest BCUT2D eigenvalue weighted by molar-refractivity contribution is 0.102. The number of fused-ring (bicyclic) bond motifs is 1. The molecular weight excluding hydrogens is 354 g/mol. The number of rotatable bonds is 3. The van der Waals surface area contributed by atoms with Gasteiger partial charge in [0.15, 0.2) is 0 Å². The molecule has 25 heavy (non-hydrogen) atoms. The number of nitrogens with zero attached hydrogens (tertiary/aromatic N) is 2. The highest BCUT2D eigenvalue weighted by Gasteiger charge is 2.18. The zero-order valence-electron chi connectivity index (χ0n) is 13.4. The fraction of sp³-hybridized carbons (Fsp3) is 0.0526. The number of halogens is 1. The summed E-state index contributed by atoms with van der Waals surface area (Å²) in [5, 5.41) is 7.63. The summed E-state index contributed by atoms with van der Waals surface area (Å²) in [5.41, 5.74) is 4.17. The first-order valence-electron chi connectivity index (χ1n) is 7.70. The van der Waals surface area contributed by atoms with Crippen LogP contribution < -0.4 is 5.32 Å². The molecule has 4 aromatic rings. The van der Waals surface area contributed by atoms with Crippen LogP contribution in [0.3, 0.4) is 0 Å². The van der Waals surface area contributed by atoms with Crippen molar-refractivity contribution in [2.45, 2.75) is 6.92 Å². The molecule has 3 heterocycles. The van der Waals surface area contributed by atoms with Crippen LogP contribution in [0.5, 0.6) is 0 Å². The lowest BCUT2D eigenvalue weighted by Crippen LogP contribution is -2.14. The number of amides is 1. The Kier molecular flexibility index (Phi) is 4.03. The predicted octanol–water partition coefficient (Wildman–Crippen LogP) is 5.28. The smallest absolute Gasteiger partial charge is 0.256 e. The number of imidazole rings is 1. The fourth-order valence-corrected chi connectivity index (χ4v) is 3.47. The van der Waals surface area contributed by atoms with Crippen LogP contribution in [0.25, 0.3) is 16.9 Å². The molecular formula is C19H14ClN3OS. The van der Waals surface area contributed by atoms with Crippen molar-refractivity contribution >= 4 is 40.3 Å². The first-order chi connectivity index (χ1) is 12.1. The summed E-state index contributed by atoms with van der Waals surface area (Å²) < 4.78 is 1.91. The van der Waals surface area contributed by atoms with Crippen LogP contribution in [-0.2, 0) is 0 Å². The van der Waals surface area contributed by atoms with Crippen molar-refractivity contribution in [3.63, 3.8) is 0 Å². The molecule has 1 amide bonds. The summed E-state index contributed by atoms with van der Waals surface area (Å²) in [6.07, 6.45) is 1.91. The van der Waals surface area contributed by atoms with Crippen molar-refractivity contribution < 1.29 is 4.79 Å². The average molecular weight is 368 g/mol. The molecule has 0 saturated carbocycles. The van der Waals surface area contributed by atoms with Gasteiger partial charge < -0.3 is 5.32 Å². The number of nitrogens with one attached hydrogen (secondary N) is 1. The van der Waals surface area contributed by atoms with E-state index in [0.29, 0.717) is 16.4 Å². The molecule has 0 aliphatic carbocycles. The Balaban J connectivity index is 1.82. The van der Waals surface area contributed by atoms with Crippen molar-refractivity contribution in [1.82, 2.24) is 9.38 Å². The Labute approximate surface area is 153 Å². The first-order valence-corrected chi connectivity index (χ1v) is 9.03. The highest BCUT2D eigenvalue weighted by atomic mass is 35.5. The largest absolute Gasteiger partial charge is 0.306 e. The average Bonchev–Trinajstić information content (AvgIpc) is 3.24. The summed E-state index contributed by atoms with van der Waals surface area (Å²) in [6, 6.07) is 12.8. The van der Waals surface area contributed by atoms with Gasteiger partial charge in [0.05, 0.1) is 0 Å². The van der Waals surface area contributed by atoms with E-state index in [-0.39, 0.29) is 5.91 Å². The lowest BCUT2D eigenvalue weighted by atomic mass is 10.2. The van der Waals surface area contributed by atoms with Crippen LogP contribution >= 0.6 is 22.9 Å². The second-order valence-electron chi connectivity index (χ2n) is 5.67. The summed E-state index contributed by atoms with van der Waals surface area (Å²) in [4.78, 5) is 17.4. The topological polar surface area (TPSA) is 46.4 Å². The maximum atomic E-state index is 12.7. The zero-order valence-corrected chi connectivity index (χ0v) is 14.9. The van der Waals surface area contributed by atoms with Crippen molar-refractivity contribution in [3.8, 4) is 11.3 Å². The van der Waals surface area contributed by atoms with Crippen LogP contribution in [0.2, 0.25) is 5.02 Å². The van der Waals surface area contributed by atoms with Crippen molar-refractivity contribution in [3.05, 3.63) is 75.6 Å². The minimum absolute atomic E-state index is 0.198. The van der Waals surface area contributed by atoms with Crippen LogP contribution in [-0.4, -0.2) is 15.3 Å². The molecule has 0 saturated heterocycles. The van der Waals surface area contributed by atoms with Crippen molar-refractivity contribution in [1.29, 1.82) is 0 Å². The normalized spacial score (nSPS) is 11.0. The maximum Gasteiger partial charge on any atom is 0.256 e. The summed E-state index contributed by atoms with van der Waals surface area (Å²) in [7, 11) is 0. The molecule has 0 radical (unpaired) electrons. The Morgan fingerprint density at radius 1 is 1.20 bits per heavy atom. The zero-order chi connectivity index (χ0) is 17.4. The van der Waals surface area contributed by atoms with Gasteiger partial charge in [0, 0.05) is 27.7 Å². The highest BCUT2D eigenvalue weighted by molar-refractivity contribution is 7.08. The van der Waals surface area contributed by atoms with Crippen molar-refractivity contribution in [2.24, 2.45) is 0 Å². The van der Waals surface area contributed by atoms with Gasteiger partial charge in [0.25, 0.3) is 5.91 Å². The van der Waals surface area contributed by atoms with E-state index in [1.54, 1.807) is 35.6 Å². The van der Waals surface area contributed by atoms with E-state index < -0.39 is 0 Å². The predicted molar refractivity (Wildman–Crippen MR) is 103 cm³/mol. The molecule has 124 valence electrons. The molecule has 0 spiro atoms. The number of pyridine rings is 1. The van der Waals surface area contributed by atoms with Crippen LogP contribution in [0, 0.1) is 6.92 Å². The van der Waals surface area contributed by atoms with E-state index in [4.69, 9.17) is 16.6 Å². The number of benzene rings is 1. The van der Waals surface area contributed by atoms with Gasteiger partial charge in [-0.15, -0.1) is 0 Å². The van der Waals surface area contributed by atoms with Crippen LogP contribution in [0.15, 0.2) is 59.4 Å². The molecule has 4 nitrogen and oxygen atoms in total. The molecule has 0 aliphatic heterocycles. The second kappa shape index (κ2) is 6.35. The highest BCUT2D eigenvalue weighted by Crippen LogP contribution is 2.31. The number of aryl methyl sites for hydroxylation is 1. The van der Waals surface area contributed by atoms with Gasteiger partial charge in [-0.2, -0.15) is 11.3 Å². The molecule has 0 atom stereocenters. The molecule has 1 N–H and O–H groups in total. The Bertz CT molecular complexity index is 1050. The summed E-state index contributed by atoms with van der Waals surface area (Å²) in [6.45, 7) is 2.00. The van der Waals surface area contributed by atoms with E-state index in [1.807, 2.05) is 46.5 Å². The minimum atomic E-state index is -0.198. The molecule has 0 fully saturated rings. The van der Waals surface area contributed by atoms with E-state index >= 15 is 0 Å².